The molecule has 0 amide bonds. The van der Waals surface area contributed by atoms with E-state index in [0.717, 1.165) is 58.0 Å². The number of aromatic nitrogens is 3. The smallest absolute Gasteiger partial charge is 0.140 e. The average Bonchev–Trinajstić information content (AvgIpc) is 2.97. The first-order chi connectivity index (χ1) is 11.2. The minimum atomic E-state index is 0.247. The summed E-state index contributed by atoms with van der Waals surface area (Å²) in [5.41, 5.74) is 0.247. The van der Waals surface area contributed by atoms with Gasteiger partial charge in [0.05, 0.1) is 12.6 Å². The maximum Gasteiger partial charge on any atom is 0.140 e. The number of hydrogen-bond acceptors (Lipinski definition) is 5. The number of nitrogens with zero attached hydrogens (tertiary/aromatic N) is 3. The lowest BCUT2D eigenvalue weighted by Gasteiger charge is -2.57. The minimum absolute atomic E-state index is 0.247. The second-order valence-electron chi connectivity index (χ2n) is 7.21. The first-order valence-electron chi connectivity index (χ1n) is 8.95. The molecule has 1 spiro atoms. The lowest BCUT2D eigenvalue weighted by Crippen LogP contribution is -2.65. The highest BCUT2D eigenvalue weighted by atomic mass is 16.5. The van der Waals surface area contributed by atoms with Gasteiger partial charge < -0.3 is 14.8 Å². The summed E-state index contributed by atoms with van der Waals surface area (Å²) in [5.74, 6) is 1.60. The van der Waals surface area contributed by atoms with Crippen LogP contribution in [0.2, 0.25) is 0 Å². The van der Waals surface area contributed by atoms with Gasteiger partial charge in [-0.05, 0) is 32.1 Å². The van der Waals surface area contributed by atoms with E-state index in [1.54, 1.807) is 6.33 Å². The molecule has 1 aliphatic heterocycles. The molecule has 1 aromatic heterocycles. The Morgan fingerprint density at radius 3 is 2.91 bits per heavy atom. The van der Waals surface area contributed by atoms with Crippen LogP contribution in [0.3, 0.4) is 0 Å². The first kappa shape index (κ1) is 16.9. The quantitative estimate of drug-likeness (QED) is 0.832. The molecule has 130 valence electrons. The highest BCUT2D eigenvalue weighted by Crippen LogP contribution is 2.50. The summed E-state index contributed by atoms with van der Waals surface area (Å²) < 4.78 is 13.6. The molecule has 0 bridgehead atoms. The van der Waals surface area contributed by atoms with Crippen molar-refractivity contribution >= 4 is 0 Å². The van der Waals surface area contributed by atoms with Crippen molar-refractivity contribution in [2.24, 2.45) is 11.3 Å². The molecule has 3 rings (SSSR count). The molecule has 2 atom stereocenters. The summed E-state index contributed by atoms with van der Waals surface area (Å²) in [4.78, 5) is 4.42. The Morgan fingerprint density at radius 1 is 1.43 bits per heavy atom. The van der Waals surface area contributed by atoms with E-state index >= 15 is 0 Å². The van der Waals surface area contributed by atoms with Crippen LogP contribution < -0.4 is 5.32 Å². The van der Waals surface area contributed by atoms with Crippen molar-refractivity contribution in [3.05, 3.63) is 12.2 Å². The predicted octanol–water partition coefficient (Wildman–Crippen LogP) is 2.00. The summed E-state index contributed by atoms with van der Waals surface area (Å²) in [6, 6.07) is 0.493. The van der Waals surface area contributed by atoms with Gasteiger partial charge in [0, 0.05) is 37.8 Å². The van der Waals surface area contributed by atoms with E-state index in [2.05, 4.69) is 36.2 Å². The summed E-state index contributed by atoms with van der Waals surface area (Å²) >= 11 is 0. The highest BCUT2D eigenvalue weighted by Gasteiger charge is 2.55. The molecule has 2 heterocycles. The highest BCUT2D eigenvalue weighted by molar-refractivity contribution is 5.09. The maximum atomic E-state index is 5.99. The second-order valence-corrected chi connectivity index (χ2v) is 7.21. The Morgan fingerprint density at radius 2 is 2.22 bits per heavy atom. The Kier molecular flexibility index (Phi) is 5.34. The lowest BCUT2D eigenvalue weighted by atomic mass is 9.57. The van der Waals surface area contributed by atoms with Gasteiger partial charge in [-0.1, -0.05) is 13.8 Å². The van der Waals surface area contributed by atoms with Gasteiger partial charge in [-0.25, -0.2) is 9.67 Å². The topological polar surface area (TPSA) is 61.2 Å². The minimum Gasteiger partial charge on any atom is -0.381 e. The van der Waals surface area contributed by atoms with Crippen LogP contribution in [0.4, 0.5) is 0 Å². The van der Waals surface area contributed by atoms with Crippen LogP contribution in [0.5, 0.6) is 0 Å². The predicted molar refractivity (Wildman–Crippen MR) is 88.0 cm³/mol. The molecule has 0 aromatic carbocycles. The normalized spacial score (nSPS) is 26.6. The zero-order valence-electron chi connectivity index (χ0n) is 14.6. The van der Waals surface area contributed by atoms with Crippen molar-refractivity contribution in [2.75, 3.05) is 19.8 Å². The van der Waals surface area contributed by atoms with Crippen LogP contribution in [0.25, 0.3) is 0 Å². The van der Waals surface area contributed by atoms with Crippen molar-refractivity contribution in [1.29, 1.82) is 0 Å². The second kappa shape index (κ2) is 7.28. The fourth-order valence-corrected chi connectivity index (χ4v) is 4.03. The van der Waals surface area contributed by atoms with Gasteiger partial charge in [-0.2, -0.15) is 5.10 Å². The van der Waals surface area contributed by atoms with Crippen molar-refractivity contribution in [2.45, 2.75) is 65.3 Å². The molecule has 0 unspecified atom stereocenters. The zero-order chi connectivity index (χ0) is 16.3. The van der Waals surface area contributed by atoms with Gasteiger partial charge in [-0.15, -0.1) is 0 Å². The van der Waals surface area contributed by atoms with E-state index in [1.165, 1.54) is 0 Å². The Balaban J connectivity index is 1.60. The van der Waals surface area contributed by atoms with E-state index in [9.17, 15) is 0 Å². The molecule has 1 aliphatic carbocycles. The maximum absolute atomic E-state index is 5.99. The largest absolute Gasteiger partial charge is 0.381 e. The molecular weight excluding hydrogens is 292 g/mol. The molecule has 1 saturated heterocycles. The summed E-state index contributed by atoms with van der Waals surface area (Å²) in [6.45, 7) is 10.7. The van der Waals surface area contributed by atoms with E-state index < -0.39 is 0 Å². The van der Waals surface area contributed by atoms with Gasteiger partial charge in [0.25, 0.3) is 0 Å². The molecule has 1 N–H and O–H groups in total. The number of hydrogen-bond donors (Lipinski definition) is 1. The molecule has 23 heavy (non-hydrogen) atoms. The molecule has 1 aromatic rings. The lowest BCUT2D eigenvalue weighted by molar-refractivity contribution is -0.173. The Labute approximate surface area is 138 Å². The van der Waals surface area contributed by atoms with Crippen molar-refractivity contribution in [1.82, 2.24) is 20.1 Å². The van der Waals surface area contributed by atoms with Crippen LogP contribution >= 0.6 is 0 Å². The standard InChI is InChI=1S/C17H30N4O2/c1-4-23-15-9-14(17(15)5-7-22-8-6-17)18-10-16-19-12-20-21(16)11-13(2)3/h12-15,18H,4-11H2,1-3H3/t14-,15+/m1/s1. The molecule has 2 aliphatic rings. The monoisotopic (exact) mass is 322 g/mol. The van der Waals surface area contributed by atoms with Gasteiger partial charge in [0.1, 0.15) is 12.2 Å². The van der Waals surface area contributed by atoms with Gasteiger partial charge in [0.15, 0.2) is 0 Å². The molecule has 1 saturated carbocycles. The first-order valence-corrected chi connectivity index (χ1v) is 8.95. The van der Waals surface area contributed by atoms with Gasteiger partial charge in [0.2, 0.25) is 0 Å². The average molecular weight is 322 g/mol. The third-order valence-corrected chi connectivity index (χ3v) is 5.32. The number of rotatable bonds is 7. The van der Waals surface area contributed by atoms with E-state index in [1.807, 2.05) is 4.68 Å². The van der Waals surface area contributed by atoms with Crippen LogP contribution in [0, 0.1) is 11.3 Å². The Bertz CT molecular complexity index is 497. The van der Waals surface area contributed by atoms with Crippen molar-refractivity contribution < 1.29 is 9.47 Å². The summed E-state index contributed by atoms with van der Waals surface area (Å²) in [7, 11) is 0. The molecule has 2 fully saturated rings. The van der Waals surface area contributed by atoms with Crippen LogP contribution in [-0.4, -0.2) is 46.7 Å². The summed E-state index contributed by atoms with van der Waals surface area (Å²) in [6.07, 6.45) is 5.31. The van der Waals surface area contributed by atoms with Crippen molar-refractivity contribution in [3.63, 3.8) is 0 Å². The van der Waals surface area contributed by atoms with E-state index in [4.69, 9.17) is 9.47 Å². The SMILES string of the molecule is CCO[C@H]1C[C@@H](NCc2ncnn2CC(C)C)C12CCOCC2. The zero-order valence-corrected chi connectivity index (χ0v) is 14.6. The van der Waals surface area contributed by atoms with Crippen LogP contribution in [0.1, 0.15) is 45.9 Å². The third kappa shape index (κ3) is 3.44. The fourth-order valence-electron chi connectivity index (χ4n) is 4.03. The fraction of sp³-hybridized carbons (Fsp3) is 0.882. The molecular formula is C17H30N4O2. The van der Waals surface area contributed by atoms with E-state index in [0.29, 0.717) is 18.1 Å². The molecule has 0 radical (unpaired) electrons. The third-order valence-electron chi connectivity index (χ3n) is 5.32. The molecule has 6 heteroatoms. The van der Waals surface area contributed by atoms with Gasteiger partial charge >= 0.3 is 0 Å². The molecule has 6 nitrogen and oxygen atoms in total. The van der Waals surface area contributed by atoms with Crippen molar-refractivity contribution in [3.8, 4) is 0 Å². The number of ether oxygens (including phenoxy) is 2. The summed E-state index contributed by atoms with van der Waals surface area (Å²) in [5, 5.41) is 8.07. The number of nitrogens with one attached hydrogen (secondary N) is 1. The Hall–Kier alpha value is -0.980. The van der Waals surface area contributed by atoms with Crippen LogP contribution in [-0.2, 0) is 22.6 Å². The van der Waals surface area contributed by atoms with E-state index in [-0.39, 0.29) is 5.41 Å². The van der Waals surface area contributed by atoms with Gasteiger partial charge in [-0.3, -0.25) is 0 Å². The van der Waals surface area contributed by atoms with Crippen LogP contribution in [0.15, 0.2) is 6.33 Å².